The number of esters is 1. The average Bonchev–Trinajstić information content (AvgIpc) is 3.44. The van der Waals surface area contributed by atoms with Gasteiger partial charge in [-0.1, -0.05) is 42.2 Å². The van der Waals surface area contributed by atoms with Crippen molar-refractivity contribution in [1.82, 2.24) is 4.98 Å². The SMILES string of the molecule is C=CCOC(=O)c1sc(N2C(=O)C(=O)/C(=C(/O)c3ccc(C)c(F)c3)C2c2ccc(OC)c(OC)c2)nc1C. The highest BCUT2D eigenvalue weighted by molar-refractivity contribution is 7.17. The van der Waals surface area contributed by atoms with Gasteiger partial charge < -0.3 is 19.3 Å². The van der Waals surface area contributed by atoms with E-state index >= 15 is 0 Å². The van der Waals surface area contributed by atoms with Crippen LogP contribution in [0.25, 0.3) is 5.76 Å². The van der Waals surface area contributed by atoms with E-state index in [1.807, 2.05) is 0 Å². The molecule has 3 aromatic rings. The average molecular weight is 553 g/mol. The van der Waals surface area contributed by atoms with Crippen LogP contribution in [0, 0.1) is 19.7 Å². The number of aliphatic hydroxyl groups excluding tert-OH is 1. The Morgan fingerprint density at radius 2 is 1.87 bits per heavy atom. The van der Waals surface area contributed by atoms with E-state index in [1.165, 1.54) is 32.4 Å². The highest BCUT2D eigenvalue weighted by Crippen LogP contribution is 2.45. The van der Waals surface area contributed by atoms with Crippen molar-refractivity contribution < 1.29 is 38.1 Å². The Morgan fingerprint density at radius 1 is 1.15 bits per heavy atom. The number of carbonyl (C=O) groups excluding carboxylic acids is 3. The first kappa shape index (κ1) is 27.5. The number of hydrogen-bond acceptors (Lipinski definition) is 9. The van der Waals surface area contributed by atoms with Crippen molar-refractivity contribution in [3.8, 4) is 11.5 Å². The van der Waals surface area contributed by atoms with Gasteiger partial charge in [0.1, 0.15) is 23.1 Å². The Hall–Kier alpha value is -4.51. The van der Waals surface area contributed by atoms with Crippen molar-refractivity contribution in [2.75, 3.05) is 25.7 Å². The predicted molar refractivity (Wildman–Crippen MR) is 143 cm³/mol. The summed E-state index contributed by atoms with van der Waals surface area (Å²) in [6.45, 7) is 6.63. The number of methoxy groups -OCH3 is 2. The lowest BCUT2D eigenvalue weighted by Crippen LogP contribution is -2.29. The number of hydrogen-bond donors (Lipinski definition) is 1. The molecule has 2 aromatic carbocycles. The predicted octanol–water partition coefficient (Wildman–Crippen LogP) is 4.89. The van der Waals surface area contributed by atoms with Gasteiger partial charge in [-0.2, -0.15) is 0 Å². The molecule has 9 nitrogen and oxygen atoms in total. The van der Waals surface area contributed by atoms with Crippen molar-refractivity contribution in [3.05, 3.63) is 87.7 Å². The van der Waals surface area contributed by atoms with Crippen LogP contribution >= 0.6 is 11.3 Å². The first-order valence-corrected chi connectivity index (χ1v) is 12.5. The molecule has 1 amide bonds. The first-order valence-electron chi connectivity index (χ1n) is 11.7. The molecule has 0 radical (unpaired) electrons. The first-order chi connectivity index (χ1) is 18.6. The minimum atomic E-state index is -1.18. The van der Waals surface area contributed by atoms with Gasteiger partial charge in [0.15, 0.2) is 16.6 Å². The maximum Gasteiger partial charge on any atom is 0.350 e. The summed E-state index contributed by atoms with van der Waals surface area (Å²) in [6, 6.07) is 7.57. The molecule has 39 heavy (non-hydrogen) atoms. The largest absolute Gasteiger partial charge is 0.507 e. The molecule has 0 saturated carbocycles. The normalized spacial score (nSPS) is 16.3. The Labute approximate surface area is 227 Å². The van der Waals surface area contributed by atoms with Crippen LogP contribution in [0.4, 0.5) is 9.52 Å². The number of benzene rings is 2. The van der Waals surface area contributed by atoms with Crippen LogP contribution in [0.3, 0.4) is 0 Å². The number of Topliss-reactive ketones (excluding diaryl/α,β-unsaturated/α-hetero) is 1. The topological polar surface area (TPSA) is 115 Å². The molecule has 1 unspecified atom stereocenters. The fraction of sp³-hybridized carbons (Fsp3) is 0.214. The quantitative estimate of drug-likeness (QED) is 0.138. The number of ether oxygens (including phenoxy) is 3. The van der Waals surface area contributed by atoms with Gasteiger partial charge in [0.2, 0.25) is 0 Å². The molecule has 1 aromatic heterocycles. The van der Waals surface area contributed by atoms with Crippen molar-refractivity contribution in [3.63, 3.8) is 0 Å². The van der Waals surface area contributed by atoms with Crippen molar-refractivity contribution in [1.29, 1.82) is 0 Å². The van der Waals surface area contributed by atoms with Crippen LogP contribution in [0.1, 0.15) is 38.1 Å². The van der Waals surface area contributed by atoms with E-state index in [1.54, 1.807) is 32.0 Å². The number of nitrogens with zero attached hydrogens (tertiary/aromatic N) is 2. The molecule has 1 fully saturated rings. The zero-order valence-electron chi connectivity index (χ0n) is 21.6. The van der Waals surface area contributed by atoms with Crippen LogP contribution in [0.2, 0.25) is 0 Å². The van der Waals surface area contributed by atoms with E-state index in [2.05, 4.69) is 11.6 Å². The molecule has 0 aliphatic carbocycles. The molecule has 2 heterocycles. The molecule has 1 atom stereocenters. The smallest absolute Gasteiger partial charge is 0.350 e. The van der Waals surface area contributed by atoms with E-state index < -0.39 is 35.3 Å². The fourth-order valence-corrected chi connectivity index (χ4v) is 5.13. The molecule has 0 bridgehead atoms. The lowest BCUT2D eigenvalue weighted by molar-refractivity contribution is -0.132. The van der Waals surface area contributed by atoms with E-state index in [-0.39, 0.29) is 33.4 Å². The van der Waals surface area contributed by atoms with Gasteiger partial charge in [0.05, 0.1) is 31.5 Å². The molecule has 1 aliphatic rings. The molecule has 11 heteroatoms. The third kappa shape index (κ3) is 5.00. The highest BCUT2D eigenvalue weighted by atomic mass is 32.1. The van der Waals surface area contributed by atoms with Crippen LogP contribution < -0.4 is 14.4 Å². The molecular formula is C28H25FN2O7S. The number of anilines is 1. The van der Waals surface area contributed by atoms with E-state index in [4.69, 9.17) is 14.2 Å². The van der Waals surface area contributed by atoms with Gasteiger partial charge in [-0.25, -0.2) is 14.2 Å². The minimum absolute atomic E-state index is 0.0191. The third-order valence-electron chi connectivity index (χ3n) is 6.12. The lowest BCUT2D eigenvalue weighted by atomic mass is 9.94. The van der Waals surface area contributed by atoms with Crippen LogP contribution in [-0.4, -0.2) is 48.6 Å². The van der Waals surface area contributed by atoms with Crippen molar-refractivity contribution in [2.45, 2.75) is 19.9 Å². The Bertz CT molecular complexity index is 1530. The fourth-order valence-electron chi connectivity index (χ4n) is 4.14. The van der Waals surface area contributed by atoms with Crippen LogP contribution in [0.15, 0.2) is 54.6 Å². The summed E-state index contributed by atoms with van der Waals surface area (Å²) >= 11 is 0.864. The number of halogens is 1. The maximum absolute atomic E-state index is 14.4. The van der Waals surface area contributed by atoms with Gasteiger partial charge in [0.25, 0.3) is 5.78 Å². The summed E-state index contributed by atoms with van der Waals surface area (Å²) in [7, 11) is 2.89. The van der Waals surface area contributed by atoms with Gasteiger partial charge >= 0.3 is 11.9 Å². The Balaban J connectivity index is 1.94. The summed E-state index contributed by atoms with van der Waals surface area (Å²) in [5, 5.41) is 11.3. The second-order valence-corrected chi connectivity index (χ2v) is 9.52. The molecule has 1 N–H and O–H groups in total. The van der Waals surface area contributed by atoms with Crippen LogP contribution in [-0.2, 0) is 14.3 Å². The van der Waals surface area contributed by atoms with E-state index in [0.717, 1.165) is 22.3 Å². The monoisotopic (exact) mass is 552 g/mol. The van der Waals surface area contributed by atoms with Gasteiger partial charge in [0, 0.05) is 5.56 Å². The summed E-state index contributed by atoms with van der Waals surface area (Å²) in [6.07, 6.45) is 1.42. The Morgan fingerprint density at radius 3 is 2.51 bits per heavy atom. The molecule has 202 valence electrons. The minimum Gasteiger partial charge on any atom is -0.507 e. The molecule has 1 aliphatic heterocycles. The van der Waals surface area contributed by atoms with Crippen LogP contribution in [0.5, 0.6) is 11.5 Å². The number of amides is 1. The zero-order valence-corrected chi connectivity index (χ0v) is 22.4. The highest BCUT2D eigenvalue weighted by Gasteiger charge is 2.48. The number of aryl methyl sites for hydroxylation is 2. The summed E-state index contributed by atoms with van der Waals surface area (Å²) in [5.74, 6) is -3.09. The summed E-state index contributed by atoms with van der Waals surface area (Å²) < 4.78 is 30.2. The lowest BCUT2D eigenvalue weighted by Gasteiger charge is -2.23. The number of aromatic nitrogens is 1. The summed E-state index contributed by atoms with van der Waals surface area (Å²) in [4.78, 5) is 45.0. The molecular weight excluding hydrogens is 527 g/mol. The maximum atomic E-state index is 14.4. The molecule has 4 rings (SSSR count). The van der Waals surface area contributed by atoms with Gasteiger partial charge in [-0.15, -0.1) is 0 Å². The number of aliphatic hydroxyl groups is 1. The number of thiazole rings is 1. The number of ketones is 1. The molecule has 0 spiro atoms. The molecule has 1 saturated heterocycles. The Kier molecular flexibility index (Phi) is 7.82. The second kappa shape index (κ2) is 11.1. The van der Waals surface area contributed by atoms with Gasteiger partial charge in [-0.3, -0.25) is 14.5 Å². The van der Waals surface area contributed by atoms with Crippen molar-refractivity contribution >= 4 is 39.9 Å². The second-order valence-electron chi connectivity index (χ2n) is 8.55. The van der Waals surface area contributed by atoms with E-state index in [0.29, 0.717) is 22.6 Å². The third-order valence-corrected chi connectivity index (χ3v) is 7.26. The number of rotatable bonds is 8. The standard InChI is InChI=1S/C28H25FN2O7S/c1-6-11-38-27(35)25-15(3)30-28(39-25)31-22(16-9-10-19(36-4)20(13-16)37-5)21(24(33)26(31)34)23(32)17-8-7-14(2)18(29)12-17/h6-10,12-13,22,32H,1,11H2,2-5H3/b23-21+. The summed E-state index contributed by atoms with van der Waals surface area (Å²) in [5.41, 5.74) is 0.754. The zero-order chi connectivity index (χ0) is 28.4. The van der Waals surface area contributed by atoms with E-state index in [9.17, 15) is 23.9 Å². The number of carbonyl (C=O) groups is 3. The van der Waals surface area contributed by atoms with Gasteiger partial charge in [-0.05, 0) is 43.2 Å². The van der Waals surface area contributed by atoms with Crippen molar-refractivity contribution in [2.24, 2.45) is 0 Å².